The number of Topliss-reactive ketones (excluding diaryl/α,β-unsaturated/α-hetero) is 1. The standard InChI is InChI=1S/C10H19NO/c1-8(2)5-6-10(12)7-11-9(3)4/h9,11H,1,5-7H2,2-4H3. The fourth-order valence-electron chi connectivity index (χ4n) is 0.759. The third kappa shape index (κ3) is 7.48. The largest absolute Gasteiger partial charge is 0.308 e. The van der Waals surface area contributed by atoms with Crippen LogP contribution in [0.5, 0.6) is 0 Å². The topological polar surface area (TPSA) is 29.1 Å². The van der Waals surface area contributed by atoms with Crippen molar-refractivity contribution in [3.05, 3.63) is 12.2 Å². The minimum absolute atomic E-state index is 0.270. The summed E-state index contributed by atoms with van der Waals surface area (Å²) in [5.41, 5.74) is 1.08. The zero-order chi connectivity index (χ0) is 9.56. The van der Waals surface area contributed by atoms with Crippen LogP contribution >= 0.6 is 0 Å². The normalized spacial score (nSPS) is 10.3. The molecule has 2 heteroatoms. The fourth-order valence-corrected chi connectivity index (χ4v) is 0.759. The van der Waals surface area contributed by atoms with Crippen molar-refractivity contribution in [2.45, 2.75) is 39.7 Å². The molecule has 0 saturated heterocycles. The molecule has 0 aliphatic heterocycles. The summed E-state index contributed by atoms with van der Waals surface area (Å²) in [5.74, 6) is 0.270. The molecule has 0 spiro atoms. The number of nitrogens with one attached hydrogen (secondary N) is 1. The lowest BCUT2D eigenvalue weighted by Crippen LogP contribution is -2.28. The zero-order valence-electron chi connectivity index (χ0n) is 8.31. The molecular formula is C10H19NO. The molecule has 1 N–H and O–H groups in total. The fraction of sp³-hybridized carbons (Fsp3) is 0.700. The molecule has 0 radical (unpaired) electrons. The highest BCUT2D eigenvalue weighted by atomic mass is 16.1. The minimum Gasteiger partial charge on any atom is -0.308 e. The average Bonchev–Trinajstić information content (AvgIpc) is 1.96. The lowest BCUT2D eigenvalue weighted by Gasteiger charge is -2.06. The molecule has 0 saturated carbocycles. The van der Waals surface area contributed by atoms with E-state index in [1.54, 1.807) is 0 Å². The van der Waals surface area contributed by atoms with Gasteiger partial charge in [0, 0.05) is 12.5 Å². The Hall–Kier alpha value is -0.630. The molecule has 0 aliphatic carbocycles. The van der Waals surface area contributed by atoms with Gasteiger partial charge >= 0.3 is 0 Å². The van der Waals surface area contributed by atoms with E-state index in [2.05, 4.69) is 11.9 Å². The number of allylic oxidation sites excluding steroid dienone is 1. The second kappa shape index (κ2) is 5.95. The summed E-state index contributed by atoms with van der Waals surface area (Å²) >= 11 is 0. The van der Waals surface area contributed by atoms with Gasteiger partial charge in [-0.25, -0.2) is 0 Å². The quantitative estimate of drug-likeness (QED) is 0.615. The molecule has 0 bridgehead atoms. The number of carbonyl (C=O) groups excluding carboxylic acids is 1. The lowest BCUT2D eigenvalue weighted by atomic mass is 10.1. The van der Waals surface area contributed by atoms with Crippen molar-refractivity contribution >= 4 is 5.78 Å². The molecule has 0 rings (SSSR count). The molecule has 0 heterocycles. The number of carbonyl (C=O) groups is 1. The van der Waals surface area contributed by atoms with Gasteiger partial charge in [0.15, 0.2) is 0 Å². The van der Waals surface area contributed by atoms with Gasteiger partial charge in [-0.3, -0.25) is 4.79 Å². The Balaban J connectivity index is 3.40. The van der Waals surface area contributed by atoms with E-state index in [0.717, 1.165) is 12.0 Å². The van der Waals surface area contributed by atoms with Crippen molar-refractivity contribution in [3.63, 3.8) is 0 Å². The zero-order valence-corrected chi connectivity index (χ0v) is 8.31. The van der Waals surface area contributed by atoms with E-state index in [4.69, 9.17) is 0 Å². The Morgan fingerprint density at radius 2 is 2.00 bits per heavy atom. The highest BCUT2D eigenvalue weighted by molar-refractivity contribution is 5.80. The highest BCUT2D eigenvalue weighted by Crippen LogP contribution is 2.00. The first-order valence-electron chi connectivity index (χ1n) is 4.42. The smallest absolute Gasteiger partial charge is 0.146 e. The second-order valence-corrected chi connectivity index (χ2v) is 3.53. The van der Waals surface area contributed by atoms with E-state index < -0.39 is 0 Å². The highest BCUT2D eigenvalue weighted by Gasteiger charge is 2.01. The number of hydrogen-bond donors (Lipinski definition) is 1. The molecular weight excluding hydrogens is 150 g/mol. The van der Waals surface area contributed by atoms with E-state index in [1.165, 1.54) is 0 Å². The SMILES string of the molecule is C=C(C)CCC(=O)CNC(C)C. The third-order valence-electron chi connectivity index (χ3n) is 1.54. The van der Waals surface area contributed by atoms with Crippen LogP contribution in [-0.2, 0) is 4.79 Å². The van der Waals surface area contributed by atoms with Crippen molar-refractivity contribution in [2.75, 3.05) is 6.54 Å². The van der Waals surface area contributed by atoms with E-state index in [1.807, 2.05) is 20.8 Å². The van der Waals surface area contributed by atoms with Crippen LogP contribution in [0.4, 0.5) is 0 Å². The molecule has 0 aliphatic rings. The molecule has 0 unspecified atom stereocenters. The van der Waals surface area contributed by atoms with Crippen LogP contribution in [0.2, 0.25) is 0 Å². The van der Waals surface area contributed by atoms with Gasteiger partial charge in [-0.1, -0.05) is 19.4 Å². The Bertz CT molecular complexity index is 161. The van der Waals surface area contributed by atoms with Crippen molar-refractivity contribution in [1.29, 1.82) is 0 Å². The Kier molecular flexibility index (Phi) is 5.64. The maximum absolute atomic E-state index is 11.1. The molecule has 0 fully saturated rings. The average molecular weight is 169 g/mol. The Morgan fingerprint density at radius 1 is 1.42 bits per heavy atom. The van der Waals surface area contributed by atoms with Gasteiger partial charge in [0.1, 0.15) is 5.78 Å². The third-order valence-corrected chi connectivity index (χ3v) is 1.54. The van der Waals surface area contributed by atoms with Crippen LogP contribution in [0.3, 0.4) is 0 Å². The van der Waals surface area contributed by atoms with Crippen molar-refractivity contribution < 1.29 is 4.79 Å². The summed E-state index contributed by atoms with van der Waals surface area (Å²) in [6, 6.07) is 0.388. The number of ketones is 1. The van der Waals surface area contributed by atoms with Gasteiger partial charge in [0.05, 0.1) is 6.54 Å². The van der Waals surface area contributed by atoms with Crippen molar-refractivity contribution in [3.8, 4) is 0 Å². The monoisotopic (exact) mass is 169 g/mol. The van der Waals surface area contributed by atoms with Crippen molar-refractivity contribution in [2.24, 2.45) is 0 Å². The molecule has 0 amide bonds. The molecule has 12 heavy (non-hydrogen) atoms. The maximum Gasteiger partial charge on any atom is 0.146 e. The van der Waals surface area contributed by atoms with E-state index in [0.29, 0.717) is 19.0 Å². The van der Waals surface area contributed by atoms with Crippen LogP contribution in [0.25, 0.3) is 0 Å². The molecule has 0 aromatic rings. The van der Waals surface area contributed by atoms with E-state index >= 15 is 0 Å². The molecule has 0 atom stereocenters. The summed E-state index contributed by atoms with van der Waals surface area (Å²) in [5, 5.41) is 3.09. The molecule has 0 aromatic heterocycles. The van der Waals surface area contributed by atoms with Gasteiger partial charge in [-0.2, -0.15) is 0 Å². The van der Waals surface area contributed by atoms with Gasteiger partial charge in [0.2, 0.25) is 0 Å². The van der Waals surface area contributed by atoms with Crippen LogP contribution < -0.4 is 5.32 Å². The first-order chi connectivity index (χ1) is 5.52. The van der Waals surface area contributed by atoms with Gasteiger partial charge in [0.25, 0.3) is 0 Å². The van der Waals surface area contributed by atoms with Crippen LogP contribution in [0.15, 0.2) is 12.2 Å². The van der Waals surface area contributed by atoms with Gasteiger partial charge in [-0.05, 0) is 13.3 Å². The van der Waals surface area contributed by atoms with Gasteiger partial charge < -0.3 is 5.32 Å². The van der Waals surface area contributed by atoms with Crippen LogP contribution in [-0.4, -0.2) is 18.4 Å². The first kappa shape index (κ1) is 11.4. The minimum atomic E-state index is 0.270. The molecule has 70 valence electrons. The second-order valence-electron chi connectivity index (χ2n) is 3.53. The van der Waals surface area contributed by atoms with Gasteiger partial charge in [-0.15, -0.1) is 6.58 Å². The summed E-state index contributed by atoms with van der Waals surface area (Å²) in [6.45, 7) is 10.3. The lowest BCUT2D eigenvalue weighted by molar-refractivity contribution is -0.118. The Morgan fingerprint density at radius 3 is 2.42 bits per heavy atom. The van der Waals surface area contributed by atoms with E-state index in [-0.39, 0.29) is 5.78 Å². The summed E-state index contributed by atoms with van der Waals surface area (Å²) < 4.78 is 0. The molecule has 2 nitrogen and oxygen atoms in total. The predicted molar refractivity (Wildman–Crippen MR) is 52.2 cm³/mol. The van der Waals surface area contributed by atoms with Crippen molar-refractivity contribution in [1.82, 2.24) is 5.32 Å². The Labute approximate surface area is 75.0 Å². The summed E-state index contributed by atoms with van der Waals surface area (Å²) in [7, 11) is 0. The van der Waals surface area contributed by atoms with Crippen LogP contribution in [0.1, 0.15) is 33.6 Å². The first-order valence-corrected chi connectivity index (χ1v) is 4.42. The number of rotatable bonds is 6. The summed E-state index contributed by atoms with van der Waals surface area (Å²) in [4.78, 5) is 11.1. The molecule has 0 aromatic carbocycles. The maximum atomic E-state index is 11.1. The van der Waals surface area contributed by atoms with Crippen LogP contribution in [0, 0.1) is 0 Å². The summed E-state index contributed by atoms with van der Waals surface area (Å²) in [6.07, 6.45) is 1.44. The number of hydrogen-bond acceptors (Lipinski definition) is 2. The van der Waals surface area contributed by atoms with E-state index in [9.17, 15) is 4.79 Å². The predicted octanol–water partition coefficient (Wildman–Crippen LogP) is 1.91.